The fourth-order valence-corrected chi connectivity index (χ4v) is 3.92. The third-order valence-electron chi connectivity index (χ3n) is 4.88. The number of carbonyl (C=O) groups excluding carboxylic acids is 1. The van der Waals surface area contributed by atoms with Crippen molar-refractivity contribution in [2.24, 2.45) is 5.92 Å². The highest BCUT2D eigenvalue weighted by Crippen LogP contribution is 2.39. The first-order chi connectivity index (χ1) is 10.1. The van der Waals surface area contributed by atoms with Crippen molar-refractivity contribution in [3.05, 3.63) is 33.9 Å². The van der Waals surface area contributed by atoms with Gasteiger partial charge in [0.05, 0.1) is 10.5 Å². The summed E-state index contributed by atoms with van der Waals surface area (Å²) in [4.78, 5) is 24.6. The van der Waals surface area contributed by atoms with Crippen LogP contribution in [0.25, 0.3) is 0 Å². The molecule has 3 rings (SSSR count). The summed E-state index contributed by atoms with van der Waals surface area (Å²) in [6.45, 7) is 2.37. The number of hydrogen-bond acceptors (Lipinski definition) is 4. The molecule has 5 heteroatoms. The van der Waals surface area contributed by atoms with E-state index < -0.39 is 4.92 Å². The van der Waals surface area contributed by atoms with Gasteiger partial charge >= 0.3 is 0 Å². The van der Waals surface area contributed by atoms with Crippen LogP contribution in [0, 0.1) is 16.0 Å². The molecule has 0 aromatic heterocycles. The van der Waals surface area contributed by atoms with E-state index >= 15 is 0 Å². The highest BCUT2D eigenvalue weighted by molar-refractivity contribution is 5.99. The van der Waals surface area contributed by atoms with Gasteiger partial charge in [-0.2, -0.15) is 0 Å². The summed E-state index contributed by atoms with van der Waals surface area (Å²) in [7, 11) is 0. The summed E-state index contributed by atoms with van der Waals surface area (Å²) >= 11 is 0. The maximum atomic E-state index is 11.7. The Labute approximate surface area is 124 Å². The Kier molecular flexibility index (Phi) is 3.66. The van der Waals surface area contributed by atoms with Crippen LogP contribution in [-0.4, -0.2) is 23.3 Å². The summed E-state index contributed by atoms with van der Waals surface area (Å²) in [5.41, 5.74) is 1.09. The second-order valence-corrected chi connectivity index (χ2v) is 6.11. The molecule has 1 aromatic carbocycles. The van der Waals surface area contributed by atoms with Crippen LogP contribution in [0.3, 0.4) is 0 Å². The molecule has 1 heterocycles. The van der Waals surface area contributed by atoms with E-state index in [9.17, 15) is 14.9 Å². The fraction of sp³-hybridized carbons (Fsp3) is 0.562. The number of nitrogens with zero attached hydrogens (tertiary/aromatic N) is 2. The fourth-order valence-electron chi connectivity index (χ4n) is 3.92. The molecule has 1 saturated carbocycles. The van der Waals surface area contributed by atoms with Crippen molar-refractivity contribution < 1.29 is 9.72 Å². The normalized spacial score (nSPS) is 24.7. The summed E-state index contributed by atoms with van der Waals surface area (Å²) in [5, 5.41) is 11.0. The smallest absolute Gasteiger partial charge is 0.280 e. The number of rotatable bonds is 3. The third-order valence-corrected chi connectivity index (χ3v) is 4.88. The molecule has 1 aliphatic carbocycles. The third kappa shape index (κ3) is 2.52. The Morgan fingerprint density at radius 1 is 1.29 bits per heavy atom. The first-order valence-electron chi connectivity index (χ1n) is 7.64. The number of hydrogen-bond donors (Lipinski definition) is 0. The SMILES string of the molecule is CC(=O)c1cc(N2CCCC3CCCC32)ccc1[N+](=O)[O-]. The molecule has 112 valence electrons. The minimum absolute atomic E-state index is 0.0915. The van der Waals surface area contributed by atoms with Gasteiger partial charge in [-0.25, -0.2) is 0 Å². The van der Waals surface area contributed by atoms with Crippen molar-refractivity contribution in [1.29, 1.82) is 0 Å². The zero-order chi connectivity index (χ0) is 15.0. The van der Waals surface area contributed by atoms with Crippen molar-refractivity contribution in [1.82, 2.24) is 0 Å². The van der Waals surface area contributed by atoms with Crippen LogP contribution in [0.1, 0.15) is 49.4 Å². The van der Waals surface area contributed by atoms with Gasteiger partial charge in [-0.15, -0.1) is 0 Å². The average molecular weight is 288 g/mol. The maximum Gasteiger partial charge on any atom is 0.280 e. The van der Waals surface area contributed by atoms with E-state index in [2.05, 4.69) is 4.90 Å². The minimum atomic E-state index is -0.477. The molecular formula is C16H20N2O3. The molecule has 2 fully saturated rings. The van der Waals surface area contributed by atoms with Crippen LogP contribution in [0.2, 0.25) is 0 Å². The number of nitro benzene ring substituents is 1. The minimum Gasteiger partial charge on any atom is -0.368 e. The van der Waals surface area contributed by atoms with Crippen molar-refractivity contribution in [2.45, 2.75) is 45.1 Å². The molecule has 2 aliphatic rings. The van der Waals surface area contributed by atoms with Crippen LogP contribution in [0.15, 0.2) is 18.2 Å². The molecule has 0 N–H and O–H groups in total. The predicted molar refractivity (Wildman–Crippen MR) is 80.8 cm³/mol. The molecule has 0 amide bonds. The lowest BCUT2D eigenvalue weighted by Gasteiger charge is -2.39. The predicted octanol–water partition coefficient (Wildman–Crippen LogP) is 3.57. The Bertz CT molecular complexity index is 585. The van der Waals surface area contributed by atoms with Gasteiger partial charge in [0.2, 0.25) is 0 Å². The number of piperidine rings is 1. The molecule has 1 saturated heterocycles. The monoisotopic (exact) mass is 288 g/mol. The van der Waals surface area contributed by atoms with Gasteiger partial charge in [-0.3, -0.25) is 14.9 Å². The Morgan fingerprint density at radius 3 is 2.76 bits per heavy atom. The quantitative estimate of drug-likeness (QED) is 0.484. The molecule has 1 aromatic rings. The molecule has 2 unspecified atom stereocenters. The van der Waals surface area contributed by atoms with Crippen LogP contribution in [-0.2, 0) is 0 Å². The highest BCUT2D eigenvalue weighted by Gasteiger charge is 2.35. The van der Waals surface area contributed by atoms with E-state index in [1.54, 1.807) is 12.1 Å². The summed E-state index contributed by atoms with van der Waals surface area (Å²) in [6.07, 6.45) is 6.18. The van der Waals surface area contributed by atoms with Gasteiger partial charge in [0.1, 0.15) is 0 Å². The van der Waals surface area contributed by atoms with Crippen molar-refractivity contribution in [3.8, 4) is 0 Å². The second-order valence-electron chi connectivity index (χ2n) is 6.11. The van der Waals surface area contributed by atoms with Crippen LogP contribution < -0.4 is 4.90 Å². The highest BCUT2D eigenvalue weighted by atomic mass is 16.6. The van der Waals surface area contributed by atoms with E-state index in [-0.39, 0.29) is 17.0 Å². The van der Waals surface area contributed by atoms with E-state index in [1.807, 2.05) is 0 Å². The topological polar surface area (TPSA) is 63.5 Å². The molecule has 0 radical (unpaired) electrons. The van der Waals surface area contributed by atoms with Gasteiger partial charge in [0, 0.05) is 24.3 Å². The second kappa shape index (κ2) is 5.47. The lowest BCUT2D eigenvalue weighted by atomic mass is 9.91. The number of benzene rings is 1. The number of fused-ring (bicyclic) bond motifs is 1. The Morgan fingerprint density at radius 2 is 2.05 bits per heavy atom. The summed E-state index contributed by atoms with van der Waals surface area (Å²) in [5.74, 6) is 0.498. The molecule has 5 nitrogen and oxygen atoms in total. The number of carbonyl (C=O) groups is 1. The summed E-state index contributed by atoms with van der Waals surface area (Å²) < 4.78 is 0. The van der Waals surface area contributed by atoms with E-state index in [0.29, 0.717) is 6.04 Å². The molecular weight excluding hydrogens is 268 g/mol. The summed E-state index contributed by atoms with van der Waals surface area (Å²) in [6, 6.07) is 5.52. The Balaban J connectivity index is 1.96. The van der Waals surface area contributed by atoms with Crippen LogP contribution in [0.5, 0.6) is 0 Å². The zero-order valence-corrected chi connectivity index (χ0v) is 12.2. The molecule has 1 aliphatic heterocycles. The van der Waals surface area contributed by atoms with Crippen molar-refractivity contribution >= 4 is 17.2 Å². The molecule has 0 spiro atoms. The Hall–Kier alpha value is -1.91. The van der Waals surface area contributed by atoms with Crippen LogP contribution >= 0.6 is 0 Å². The zero-order valence-electron chi connectivity index (χ0n) is 12.2. The van der Waals surface area contributed by atoms with E-state index in [0.717, 1.165) is 24.6 Å². The standard InChI is InChI=1S/C16H20N2O3/c1-11(19)14-10-13(7-8-16(14)18(20)21)17-9-3-5-12-4-2-6-15(12)17/h7-8,10,12,15H,2-6,9H2,1H3. The molecule has 21 heavy (non-hydrogen) atoms. The van der Waals surface area contributed by atoms with Gasteiger partial charge < -0.3 is 4.90 Å². The number of anilines is 1. The number of nitro groups is 1. The lowest BCUT2D eigenvalue weighted by Crippen LogP contribution is -2.42. The number of ketones is 1. The first-order valence-corrected chi connectivity index (χ1v) is 7.64. The average Bonchev–Trinajstić information content (AvgIpc) is 2.94. The van der Waals surface area contributed by atoms with Crippen LogP contribution in [0.4, 0.5) is 11.4 Å². The van der Waals surface area contributed by atoms with Crippen molar-refractivity contribution in [3.63, 3.8) is 0 Å². The van der Waals surface area contributed by atoms with E-state index in [4.69, 9.17) is 0 Å². The van der Waals surface area contributed by atoms with E-state index in [1.165, 1.54) is 38.7 Å². The largest absolute Gasteiger partial charge is 0.368 e. The van der Waals surface area contributed by atoms with Gasteiger partial charge in [0.25, 0.3) is 5.69 Å². The molecule has 0 bridgehead atoms. The van der Waals surface area contributed by atoms with Gasteiger partial charge in [0.15, 0.2) is 5.78 Å². The number of Topliss-reactive ketones (excluding diaryl/α,β-unsaturated/α-hetero) is 1. The first kappa shape index (κ1) is 14.0. The maximum absolute atomic E-state index is 11.7. The van der Waals surface area contributed by atoms with Gasteiger partial charge in [-0.05, 0) is 50.7 Å². The van der Waals surface area contributed by atoms with Gasteiger partial charge in [-0.1, -0.05) is 6.42 Å². The van der Waals surface area contributed by atoms with Crippen molar-refractivity contribution in [2.75, 3.05) is 11.4 Å². The lowest BCUT2D eigenvalue weighted by molar-refractivity contribution is -0.385. The molecule has 2 atom stereocenters.